The Bertz CT molecular complexity index is 377. The molecule has 2 N–H and O–H groups in total. The van der Waals surface area contributed by atoms with E-state index in [0.717, 1.165) is 17.8 Å². The van der Waals surface area contributed by atoms with Gasteiger partial charge in [0.05, 0.1) is 0 Å². The summed E-state index contributed by atoms with van der Waals surface area (Å²) in [6, 6.07) is 5.71. The number of hydrogen-bond donors (Lipinski definition) is 2. The van der Waals surface area contributed by atoms with E-state index < -0.39 is 0 Å². The Morgan fingerprint density at radius 1 is 1.44 bits per heavy atom. The van der Waals surface area contributed by atoms with Gasteiger partial charge in [0.25, 0.3) is 0 Å². The Hall–Kier alpha value is -0.800. The van der Waals surface area contributed by atoms with E-state index in [1.54, 1.807) is 0 Å². The number of rotatable bonds is 3. The van der Waals surface area contributed by atoms with Crippen molar-refractivity contribution < 1.29 is 0 Å². The monoisotopic (exact) mass is 256 g/mol. The van der Waals surface area contributed by atoms with Crippen LogP contribution >= 0.6 is 23.8 Å². The number of anilines is 1. The van der Waals surface area contributed by atoms with E-state index in [1.165, 1.54) is 0 Å². The van der Waals surface area contributed by atoms with Crippen LogP contribution in [0.15, 0.2) is 18.2 Å². The van der Waals surface area contributed by atoms with Crippen molar-refractivity contribution in [2.45, 2.75) is 20.8 Å². The van der Waals surface area contributed by atoms with Gasteiger partial charge in [-0.1, -0.05) is 31.5 Å². The SMILES string of the molecule is Cc1ccc(Cl)cc1NC(=S)NCC(C)C. The van der Waals surface area contributed by atoms with Crippen molar-refractivity contribution in [2.75, 3.05) is 11.9 Å². The van der Waals surface area contributed by atoms with Crippen molar-refractivity contribution >= 4 is 34.6 Å². The molecule has 0 radical (unpaired) electrons. The van der Waals surface area contributed by atoms with Crippen molar-refractivity contribution in [3.05, 3.63) is 28.8 Å². The minimum Gasteiger partial charge on any atom is -0.362 e. The second-order valence-corrected chi connectivity index (χ2v) is 5.03. The van der Waals surface area contributed by atoms with Crippen molar-refractivity contribution in [2.24, 2.45) is 5.92 Å². The molecule has 0 saturated heterocycles. The fourth-order valence-corrected chi connectivity index (χ4v) is 1.56. The number of nitrogens with one attached hydrogen (secondary N) is 2. The predicted octanol–water partition coefficient (Wildman–Crippen LogP) is 3.59. The fraction of sp³-hybridized carbons (Fsp3) is 0.417. The Labute approximate surface area is 107 Å². The van der Waals surface area contributed by atoms with E-state index in [9.17, 15) is 0 Å². The maximum atomic E-state index is 5.92. The first-order valence-corrected chi connectivity index (χ1v) is 6.08. The zero-order valence-electron chi connectivity index (χ0n) is 9.80. The van der Waals surface area contributed by atoms with Gasteiger partial charge in [-0.3, -0.25) is 0 Å². The average molecular weight is 257 g/mol. The fourth-order valence-electron chi connectivity index (χ4n) is 1.19. The van der Waals surface area contributed by atoms with Crippen LogP contribution in [0.4, 0.5) is 5.69 Å². The number of hydrogen-bond acceptors (Lipinski definition) is 1. The van der Waals surface area contributed by atoms with Crippen LogP contribution in [0.3, 0.4) is 0 Å². The molecule has 0 bridgehead atoms. The molecule has 0 saturated carbocycles. The lowest BCUT2D eigenvalue weighted by molar-refractivity contribution is 0.627. The second kappa shape index (κ2) is 6.06. The summed E-state index contributed by atoms with van der Waals surface area (Å²) in [6.07, 6.45) is 0. The second-order valence-electron chi connectivity index (χ2n) is 4.19. The third-order valence-corrected chi connectivity index (χ3v) is 2.60. The molecule has 4 heteroatoms. The van der Waals surface area contributed by atoms with Gasteiger partial charge in [0.2, 0.25) is 0 Å². The first-order chi connectivity index (χ1) is 7.49. The molecular formula is C12H17ClN2S. The normalized spacial score (nSPS) is 10.3. The Morgan fingerprint density at radius 3 is 2.75 bits per heavy atom. The third kappa shape index (κ3) is 4.37. The number of halogens is 1. The first-order valence-electron chi connectivity index (χ1n) is 5.30. The van der Waals surface area contributed by atoms with E-state index >= 15 is 0 Å². The van der Waals surface area contributed by atoms with Gasteiger partial charge in [-0.2, -0.15) is 0 Å². The standard InChI is InChI=1S/C12H17ClN2S/c1-8(2)7-14-12(16)15-11-6-10(13)5-4-9(11)3/h4-6,8H,7H2,1-3H3,(H2,14,15,16). The van der Waals surface area contributed by atoms with E-state index in [2.05, 4.69) is 24.5 Å². The average Bonchev–Trinajstić information content (AvgIpc) is 2.20. The molecule has 2 nitrogen and oxygen atoms in total. The third-order valence-electron chi connectivity index (χ3n) is 2.12. The zero-order chi connectivity index (χ0) is 12.1. The number of aryl methyl sites for hydroxylation is 1. The maximum Gasteiger partial charge on any atom is 0.170 e. The maximum absolute atomic E-state index is 5.92. The van der Waals surface area contributed by atoms with Crippen LogP contribution in [-0.4, -0.2) is 11.7 Å². The summed E-state index contributed by atoms with van der Waals surface area (Å²) in [5, 5.41) is 7.64. The zero-order valence-corrected chi connectivity index (χ0v) is 11.4. The summed E-state index contributed by atoms with van der Waals surface area (Å²) in [5.41, 5.74) is 2.08. The van der Waals surface area contributed by atoms with Gasteiger partial charge >= 0.3 is 0 Å². The minimum absolute atomic E-state index is 0.570. The molecule has 0 aliphatic heterocycles. The van der Waals surface area contributed by atoms with Crippen molar-refractivity contribution in [3.8, 4) is 0 Å². The highest BCUT2D eigenvalue weighted by molar-refractivity contribution is 7.80. The van der Waals surface area contributed by atoms with Crippen LogP contribution in [0.5, 0.6) is 0 Å². The molecule has 16 heavy (non-hydrogen) atoms. The molecule has 0 unspecified atom stereocenters. The van der Waals surface area contributed by atoms with Gasteiger partial charge in [0.1, 0.15) is 0 Å². The molecule has 0 fully saturated rings. The van der Waals surface area contributed by atoms with E-state index in [0.29, 0.717) is 16.1 Å². The summed E-state index contributed by atoms with van der Waals surface area (Å²) >= 11 is 11.1. The van der Waals surface area contributed by atoms with Gasteiger partial charge in [-0.15, -0.1) is 0 Å². The molecule has 0 atom stereocenters. The lowest BCUT2D eigenvalue weighted by atomic mass is 10.2. The lowest BCUT2D eigenvalue weighted by Gasteiger charge is -2.13. The van der Waals surface area contributed by atoms with Gasteiger partial charge in [-0.25, -0.2) is 0 Å². The highest BCUT2D eigenvalue weighted by Gasteiger charge is 2.02. The van der Waals surface area contributed by atoms with Crippen molar-refractivity contribution in [1.29, 1.82) is 0 Å². The number of thiocarbonyl (C=S) groups is 1. The van der Waals surface area contributed by atoms with Crippen LogP contribution < -0.4 is 10.6 Å². The first kappa shape index (κ1) is 13.3. The van der Waals surface area contributed by atoms with Crippen LogP contribution in [0.1, 0.15) is 19.4 Å². The smallest absolute Gasteiger partial charge is 0.170 e. The lowest BCUT2D eigenvalue weighted by Crippen LogP contribution is -2.31. The van der Waals surface area contributed by atoms with E-state index in [-0.39, 0.29) is 0 Å². The highest BCUT2D eigenvalue weighted by atomic mass is 35.5. The summed E-state index contributed by atoms with van der Waals surface area (Å²) in [4.78, 5) is 0. The molecule has 0 heterocycles. The van der Waals surface area contributed by atoms with Crippen molar-refractivity contribution in [1.82, 2.24) is 5.32 Å². The molecule has 1 aromatic carbocycles. The Morgan fingerprint density at radius 2 is 2.12 bits per heavy atom. The van der Waals surface area contributed by atoms with Crippen LogP contribution in [0.25, 0.3) is 0 Å². The quantitative estimate of drug-likeness (QED) is 0.809. The number of benzene rings is 1. The molecule has 0 aliphatic carbocycles. The van der Waals surface area contributed by atoms with Crippen LogP contribution in [0, 0.1) is 12.8 Å². The van der Waals surface area contributed by atoms with E-state index in [4.69, 9.17) is 23.8 Å². The molecule has 0 aromatic heterocycles. The summed E-state index contributed by atoms with van der Waals surface area (Å²) in [6.45, 7) is 7.16. The largest absolute Gasteiger partial charge is 0.362 e. The summed E-state index contributed by atoms with van der Waals surface area (Å²) < 4.78 is 0. The molecule has 0 aliphatic rings. The van der Waals surface area contributed by atoms with Crippen LogP contribution in [-0.2, 0) is 0 Å². The van der Waals surface area contributed by atoms with Gasteiger partial charge < -0.3 is 10.6 Å². The molecule has 1 rings (SSSR count). The van der Waals surface area contributed by atoms with Crippen molar-refractivity contribution in [3.63, 3.8) is 0 Å². The van der Waals surface area contributed by atoms with E-state index in [1.807, 2.05) is 25.1 Å². The van der Waals surface area contributed by atoms with Gasteiger partial charge in [0, 0.05) is 17.3 Å². The highest BCUT2D eigenvalue weighted by Crippen LogP contribution is 2.19. The summed E-state index contributed by atoms with van der Waals surface area (Å²) in [7, 11) is 0. The molecule has 0 spiro atoms. The van der Waals surface area contributed by atoms with Crippen LogP contribution in [0.2, 0.25) is 5.02 Å². The predicted molar refractivity (Wildman–Crippen MR) is 75.3 cm³/mol. The Kier molecular flexibility index (Phi) is 5.03. The topological polar surface area (TPSA) is 24.1 Å². The molecule has 88 valence electrons. The Balaban J connectivity index is 2.59. The molecule has 0 amide bonds. The van der Waals surface area contributed by atoms with Gasteiger partial charge in [0.15, 0.2) is 5.11 Å². The minimum atomic E-state index is 0.570. The molecule has 1 aromatic rings. The van der Waals surface area contributed by atoms with Gasteiger partial charge in [-0.05, 0) is 42.8 Å². The summed E-state index contributed by atoms with van der Waals surface area (Å²) in [5.74, 6) is 0.570. The molecular weight excluding hydrogens is 240 g/mol.